The van der Waals surface area contributed by atoms with Gasteiger partial charge in [-0.1, -0.05) is 20.3 Å². The third-order valence-electron chi connectivity index (χ3n) is 6.84. The SMILES string of the molecule is CCSC1(SCC)CC(N2CCCCC2)C(N(C(=O)c2ccc(S(C)(=O)=O)cc2)C(C)C)C1. The van der Waals surface area contributed by atoms with Gasteiger partial charge in [-0.3, -0.25) is 9.69 Å². The van der Waals surface area contributed by atoms with E-state index in [-0.39, 0.29) is 27.0 Å². The van der Waals surface area contributed by atoms with Gasteiger partial charge in [-0.2, -0.15) is 0 Å². The molecular formula is C25H40N2O3S3. The summed E-state index contributed by atoms with van der Waals surface area (Å²) in [7, 11) is -3.29. The second kappa shape index (κ2) is 11.4. The van der Waals surface area contributed by atoms with E-state index in [9.17, 15) is 13.2 Å². The fourth-order valence-corrected chi connectivity index (χ4v) is 9.34. The largest absolute Gasteiger partial charge is 0.332 e. The van der Waals surface area contributed by atoms with E-state index in [1.54, 1.807) is 24.3 Å². The Balaban J connectivity index is 1.95. The maximum Gasteiger partial charge on any atom is 0.254 e. The van der Waals surface area contributed by atoms with Gasteiger partial charge >= 0.3 is 0 Å². The molecule has 2 fully saturated rings. The zero-order valence-electron chi connectivity index (χ0n) is 20.7. The lowest BCUT2D eigenvalue weighted by Crippen LogP contribution is -2.54. The van der Waals surface area contributed by atoms with Gasteiger partial charge in [0.2, 0.25) is 0 Å². The lowest BCUT2D eigenvalue weighted by atomic mass is 10.0. The fraction of sp³-hybridized carbons (Fsp3) is 0.720. The lowest BCUT2D eigenvalue weighted by molar-refractivity contribution is 0.0424. The minimum absolute atomic E-state index is 0.0101. The van der Waals surface area contributed by atoms with Crippen LogP contribution in [0.4, 0.5) is 0 Å². The molecule has 5 nitrogen and oxygen atoms in total. The molecule has 0 radical (unpaired) electrons. The second-order valence-corrected chi connectivity index (χ2v) is 15.1. The molecule has 1 aliphatic carbocycles. The summed E-state index contributed by atoms with van der Waals surface area (Å²) in [5, 5.41) is 0. The molecule has 0 bridgehead atoms. The molecule has 1 saturated heterocycles. The first-order valence-electron chi connectivity index (χ1n) is 12.3. The summed E-state index contributed by atoms with van der Waals surface area (Å²) in [5.74, 6) is 2.17. The maximum atomic E-state index is 13.8. The van der Waals surface area contributed by atoms with Crippen LogP contribution in [0.25, 0.3) is 0 Å². The zero-order chi connectivity index (χ0) is 24.2. The summed E-state index contributed by atoms with van der Waals surface area (Å²) in [6.07, 6.45) is 7.07. The molecule has 2 aliphatic rings. The molecule has 2 atom stereocenters. The standard InChI is InChI=1S/C25H40N2O3S3/c1-6-31-25(32-7-2)17-22(26-15-9-8-10-16-26)23(18-25)27(19(3)4)24(28)20-11-13-21(14-12-20)33(5,29)30/h11-14,19,22-23H,6-10,15-18H2,1-5H3. The highest BCUT2D eigenvalue weighted by atomic mass is 32.2. The van der Waals surface area contributed by atoms with Crippen molar-refractivity contribution < 1.29 is 13.2 Å². The summed E-state index contributed by atoms with van der Waals surface area (Å²) in [6.45, 7) is 10.9. The van der Waals surface area contributed by atoms with Gasteiger partial charge in [-0.25, -0.2) is 8.42 Å². The van der Waals surface area contributed by atoms with Crippen LogP contribution in [0, 0.1) is 0 Å². The molecule has 1 aromatic rings. The molecular weight excluding hydrogens is 472 g/mol. The predicted octanol–water partition coefficient (Wildman–Crippen LogP) is 5.16. The van der Waals surface area contributed by atoms with Crippen molar-refractivity contribution in [2.45, 2.75) is 86.9 Å². The van der Waals surface area contributed by atoms with E-state index in [0.29, 0.717) is 11.6 Å². The Morgan fingerprint density at radius 2 is 1.64 bits per heavy atom. The molecule has 8 heteroatoms. The van der Waals surface area contributed by atoms with Crippen molar-refractivity contribution in [3.8, 4) is 0 Å². The number of nitrogens with zero attached hydrogens (tertiary/aromatic N) is 2. The summed E-state index contributed by atoms with van der Waals surface area (Å²) >= 11 is 4.11. The Morgan fingerprint density at radius 1 is 1.06 bits per heavy atom. The quantitative estimate of drug-likeness (QED) is 0.426. The van der Waals surface area contributed by atoms with Crippen molar-refractivity contribution in [2.75, 3.05) is 30.9 Å². The van der Waals surface area contributed by atoms with Gasteiger partial charge in [0, 0.05) is 23.9 Å². The maximum absolute atomic E-state index is 13.8. The molecule has 1 aromatic carbocycles. The Hall–Kier alpha value is -0.700. The van der Waals surface area contributed by atoms with E-state index >= 15 is 0 Å². The summed E-state index contributed by atoms with van der Waals surface area (Å²) in [4.78, 5) is 18.8. The highest BCUT2D eigenvalue weighted by Gasteiger charge is 2.51. The lowest BCUT2D eigenvalue weighted by Gasteiger charge is -2.42. The van der Waals surface area contributed by atoms with Crippen molar-refractivity contribution in [2.24, 2.45) is 0 Å². The van der Waals surface area contributed by atoms with Gasteiger partial charge in [0.25, 0.3) is 5.91 Å². The van der Waals surface area contributed by atoms with E-state index in [1.165, 1.54) is 25.5 Å². The van der Waals surface area contributed by atoms with Gasteiger partial charge in [-0.05, 0) is 88.4 Å². The fourth-order valence-electron chi connectivity index (χ4n) is 5.46. The van der Waals surface area contributed by atoms with Crippen LogP contribution in [-0.4, -0.2) is 77.2 Å². The van der Waals surface area contributed by atoms with Crippen molar-refractivity contribution in [1.29, 1.82) is 0 Å². The van der Waals surface area contributed by atoms with Gasteiger partial charge in [0.1, 0.15) is 0 Å². The molecule has 1 heterocycles. The Kier molecular flexibility index (Phi) is 9.26. The summed E-state index contributed by atoms with van der Waals surface area (Å²) < 4.78 is 23.9. The van der Waals surface area contributed by atoms with Crippen molar-refractivity contribution in [3.05, 3.63) is 29.8 Å². The van der Waals surface area contributed by atoms with Crippen LogP contribution in [0.1, 0.15) is 70.2 Å². The first kappa shape index (κ1) is 26.9. The van der Waals surface area contributed by atoms with E-state index in [4.69, 9.17) is 0 Å². The number of sulfone groups is 1. The first-order chi connectivity index (χ1) is 15.6. The van der Waals surface area contributed by atoms with Crippen LogP contribution in [0.15, 0.2) is 29.2 Å². The number of carbonyl (C=O) groups excluding carboxylic acids is 1. The van der Waals surface area contributed by atoms with Gasteiger partial charge < -0.3 is 4.90 Å². The van der Waals surface area contributed by atoms with Crippen LogP contribution in [-0.2, 0) is 9.84 Å². The zero-order valence-corrected chi connectivity index (χ0v) is 23.2. The third kappa shape index (κ3) is 6.30. The monoisotopic (exact) mass is 512 g/mol. The molecule has 0 spiro atoms. The molecule has 1 saturated carbocycles. The predicted molar refractivity (Wildman–Crippen MR) is 142 cm³/mol. The van der Waals surface area contributed by atoms with E-state index < -0.39 is 9.84 Å². The average Bonchev–Trinajstić information content (AvgIpc) is 3.13. The van der Waals surface area contributed by atoms with Crippen molar-refractivity contribution in [3.63, 3.8) is 0 Å². The number of amides is 1. The number of thioether (sulfide) groups is 2. The number of likely N-dealkylation sites (tertiary alicyclic amines) is 1. The van der Waals surface area contributed by atoms with Crippen LogP contribution >= 0.6 is 23.5 Å². The smallest absolute Gasteiger partial charge is 0.254 e. The highest BCUT2D eigenvalue weighted by Crippen LogP contribution is 2.53. The second-order valence-electron chi connectivity index (χ2n) is 9.52. The number of hydrogen-bond acceptors (Lipinski definition) is 6. The molecule has 0 N–H and O–H groups in total. The average molecular weight is 513 g/mol. The Labute approximate surface area is 209 Å². The molecule has 2 unspecified atom stereocenters. The van der Waals surface area contributed by atoms with Crippen LogP contribution in [0.2, 0.25) is 0 Å². The van der Waals surface area contributed by atoms with E-state index in [0.717, 1.165) is 37.4 Å². The van der Waals surface area contributed by atoms with Crippen LogP contribution in [0.5, 0.6) is 0 Å². The topological polar surface area (TPSA) is 57.7 Å². The van der Waals surface area contributed by atoms with Gasteiger partial charge in [0.15, 0.2) is 9.84 Å². The van der Waals surface area contributed by atoms with E-state index in [1.807, 2.05) is 0 Å². The van der Waals surface area contributed by atoms with Gasteiger partial charge in [-0.15, -0.1) is 23.5 Å². The number of benzene rings is 1. The molecule has 1 aliphatic heterocycles. The number of carbonyl (C=O) groups is 1. The van der Waals surface area contributed by atoms with Crippen LogP contribution in [0.3, 0.4) is 0 Å². The van der Waals surface area contributed by atoms with Gasteiger partial charge in [0.05, 0.1) is 15.0 Å². The molecule has 0 aromatic heterocycles. The highest BCUT2D eigenvalue weighted by molar-refractivity contribution is 8.18. The minimum Gasteiger partial charge on any atom is -0.332 e. The van der Waals surface area contributed by atoms with Crippen molar-refractivity contribution in [1.82, 2.24) is 9.80 Å². The van der Waals surface area contributed by atoms with Crippen molar-refractivity contribution >= 4 is 39.3 Å². The van der Waals surface area contributed by atoms with E-state index in [2.05, 4.69) is 61.0 Å². The normalized spacial score (nSPS) is 23.7. The number of piperidine rings is 1. The molecule has 33 heavy (non-hydrogen) atoms. The minimum atomic E-state index is -3.29. The van der Waals surface area contributed by atoms with Crippen LogP contribution < -0.4 is 0 Å². The Morgan fingerprint density at radius 3 is 2.12 bits per heavy atom. The summed E-state index contributed by atoms with van der Waals surface area (Å²) in [6, 6.07) is 7.05. The first-order valence-corrected chi connectivity index (χ1v) is 16.1. The third-order valence-corrected chi connectivity index (χ3v) is 11.0. The molecule has 3 rings (SSSR count). The molecule has 186 valence electrons. The summed E-state index contributed by atoms with van der Waals surface area (Å²) in [5.41, 5.74) is 0.567. The molecule has 1 amide bonds. The Bertz CT molecular complexity index is 890. The number of rotatable bonds is 9. The number of hydrogen-bond donors (Lipinski definition) is 0.